The van der Waals surface area contributed by atoms with Crippen LogP contribution < -0.4 is 5.32 Å². The van der Waals surface area contributed by atoms with Gasteiger partial charge in [0.25, 0.3) is 0 Å². The van der Waals surface area contributed by atoms with Crippen molar-refractivity contribution in [2.45, 2.75) is 26.4 Å². The molecular weight excluding hydrogens is 375 g/mol. The molecule has 0 heterocycles. The Morgan fingerprint density at radius 2 is 1.70 bits per heavy atom. The molecule has 0 fully saturated rings. The largest absolute Gasteiger partial charge is 0.352 e. The molecule has 0 radical (unpaired) electrons. The Morgan fingerprint density at radius 1 is 0.967 bits per heavy atom. The van der Waals surface area contributed by atoms with Crippen LogP contribution in [0.5, 0.6) is 0 Å². The van der Waals surface area contributed by atoms with Crippen LogP contribution in [0.3, 0.4) is 0 Å². The molecule has 1 unspecified atom stereocenters. The van der Waals surface area contributed by atoms with Crippen LogP contribution in [0.4, 0.5) is 4.39 Å². The van der Waals surface area contributed by atoms with Crippen molar-refractivity contribution in [2.75, 3.05) is 14.1 Å². The average molecular weight is 405 g/mol. The molecule has 3 rings (SSSR count). The quantitative estimate of drug-likeness (QED) is 0.570. The van der Waals surface area contributed by atoms with Crippen molar-refractivity contribution in [2.24, 2.45) is 5.92 Å². The summed E-state index contributed by atoms with van der Waals surface area (Å²) < 4.78 is 13.4. The summed E-state index contributed by atoms with van der Waals surface area (Å²) in [6.45, 7) is 3.23. The predicted molar refractivity (Wildman–Crippen MR) is 120 cm³/mol. The Labute approximate surface area is 178 Å². The van der Waals surface area contributed by atoms with E-state index in [1.165, 1.54) is 17.7 Å². The van der Waals surface area contributed by atoms with Crippen molar-refractivity contribution in [3.8, 4) is 11.1 Å². The monoisotopic (exact) mass is 404 g/mol. The fraction of sp³-hybridized carbons (Fsp3) is 0.269. The second-order valence-electron chi connectivity index (χ2n) is 8.04. The first kappa shape index (κ1) is 21.7. The van der Waals surface area contributed by atoms with Crippen LogP contribution in [-0.2, 0) is 24.3 Å². The van der Waals surface area contributed by atoms with Crippen LogP contribution in [0, 0.1) is 11.7 Å². The first-order valence-electron chi connectivity index (χ1n) is 10.3. The minimum Gasteiger partial charge on any atom is -0.352 e. The lowest BCUT2D eigenvalue weighted by molar-refractivity contribution is -0.124. The number of benzene rings is 3. The molecule has 3 aromatic rings. The van der Waals surface area contributed by atoms with Crippen molar-refractivity contribution in [1.29, 1.82) is 0 Å². The van der Waals surface area contributed by atoms with E-state index in [2.05, 4.69) is 54.6 Å². The summed E-state index contributed by atoms with van der Waals surface area (Å²) in [6, 6.07) is 23.1. The zero-order chi connectivity index (χ0) is 21.5. The molecule has 0 aromatic heterocycles. The van der Waals surface area contributed by atoms with E-state index < -0.39 is 0 Å². The number of nitrogens with one attached hydrogen (secondary N) is 1. The Hall–Kier alpha value is -2.98. The molecule has 3 aromatic carbocycles. The zero-order valence-electron chi connectivity index (χ0n) is 17.9. The Bertz CT molecular complexity index is 982. The minimum absolute atomic E-state index is 0.0320. The van der Waals surface area contributed by atoms with Crippen molar-refractivity contribution in [3.63, 3.8) is 0 Å². The van der Waals surface area contributed by atoms with E-state index in [1.54, 1.807) is 6.07 Å². The zero-order valence-corrected chi connectivity index (χ0v) is 17.9. The van der Waals surface area contributed by atoms with Crippen LogP contribution in [-0.4, -0.2) is 24.9 Å². The molecule has 30 heavy (non-hydrogen) atoms. The number of halogens is 1. The van der Waals surface area contributed by atoms with Gasteiger partial charge in [0.05, 0.1) is 0 Å². The summed E-state index contributed by atoms with van der Waals surface area (Å²) in [7, 11) is 4.11. The van der Waals surface area contributed by atoms with Crippen LogP contribution in [0.1, 0.15) is 23.6 Å². The number of carbonyl (C=O) groups excluding carboxylic acids is 1. The SMILES string of the molecule is CC(Cc1cccc(F)c1)C(=O)NCc1ccccc1-c1ccc(CN(C)C)cc1. The third kappa shape index (κ3) is 6.01. The molecule has 0 bridgehead atoms. The fourth-order valence-corrected chi connectivity index (χ4v) is 3.58. The van der Waals surface area contributed by atoms with Crippen LogP contribution in [0.2, 0.25) is 0 Å². The van der Waals surface area contributed by atoms with Gasteiger partial charge >= 0.3 is 0 Å². The summed E-state index contributed by atoms with van der Waals surface area (Å²) >= 11 is 0. The summed E-state index contributed by atoms with van der Waals surface area (Å²) in [5, 5.41) is 3.04. The molecule has 1 atom stereocenters. The number of amides is 1. The number of rotatable bonds is 8. The van der Waals surface area contributed by atoms with E-state index >= 15 is 0 Å². The van der Waals surface area contributed by atoms with Gasteiger partial charge in [0.1, 0.15) is 5.82 Å². The molecule has 3 nitrogen and oxygen atoms in total. The van der Waals surface area contributed by atoms with Gasteiger partial charge in [-0.2, -0.15) is 0 Å². The van der Waals surface area contributed by atoms with Gasteiger partial charge in [-0.25, -0.2) is 4.39 Å². The Morgan fingerprint density at radius 3 is 2.40 bits per heavy atom. The van der Waals surface area contributed by atoms with E-state index in [1.807, 2.05) is 31.2 Å². The first-order valence-corrected chi connectivity index (χ1v) is 10.3. The van der Waals surface area contributed by atoms with Crippen molar-refractivity contribution in [1.82, 2.24) is 10.2 Å². The second kappa shape index (κ2) is 10.2. The van der Waals surface area contributed by atoms with E-state index in [9.17, 15) is 9.18 Å². The highest BCUT2D eigenvalue weighted by Gasteiger charge is 2.14. The van der Waals surface area contributed by atoms with Crippen LogP contribution in [0.15, 0.2) is 72.8 Å². The highest BCUT2D eigenvalue weighted by atomic mass is 19.1. The number of hydrogen-bond donors (Lipinski definition) is 1. The highest BCUT2D eigenvalue weighted by molar-refractivity contribution is 5.79. The van der Waals surface area contributed by atoms with E-state index in [0.717, 1.165) is 28.8 Å². The summed E-state index contributed by atoms with van der Waals surface area (Å²) in [5.74, 6) is -0.537. The molecule has 1 amide bonds. The van der Waals surface area contributed by atoms with Gasteiger partial charge < -0.3 is 10.2 Å². The highest BCUT2D eigenvalue weighted by Crippen LogP contribution is 2.24. The average Bonchev–Trinajstić information content (AvgIpc) is 2.72. The molecule has 0 aliphatic carbocycles. The van der Waals surface area contributed by atoms with Gasteiger partial charge in [0.15, 0.2) is 0 Å². The smallest absolute Gasteiger partial charge is 0.223 e. The van der Waals surface area contributed by atoms with Gasteiger partial charge in [0.2, 0.25) is 5.91 Å². The van der Waals surface area contributed by atoms with Gasteiger partial charge in [-0.1, -0.05) is 67.6 Å². The lowest BCUT2D eigenvalue weighted by atomic mass is 9.97. The summed E-state index contributed by atoms with van der Waals surface area (Å²) in [5.41, 5.74) is 5.42. The van der Waals surface area contributed by atoms with Crippen LogP contribution in [0.25, 0.3) is 11.1 Å². The summed E-state index contributed by atoms with van der Waals surface area (Å²) in [4.78, 5) is 14.7. The van der Waals surface area contributed by atoms with E-state index in [0.29, 0.717) is 13.0 Å². The molecular formula is C26H29FN2O. The van der Waals surface area contributed by atoms with Gasteiger partial charge in [-0.15, -0.1) is 0 Å². The fourth-order valence-electron chi connectivity index (χ4n) is 3.58. The van der Waals surface area contributed by atoms with Crippen molar-refractivity contribution < 1.29 is 9.18 Å². The molecule has 0 saturated heterocycles. The second-order valence-corrected chi connectivity index (χ2v) is 8.04. The lowest BCUT2D eigenvalue weighted by Crippen LogP contribution is -2.30. The molecule has 0 spiro atoms. The first-order chi connectivity index (χ1) is 14.4. The normalized spacial score (nSPS) is 12.0. The maximum Gasteiger partial charge on any atom is 0.223 e. The Balaban J connectivity index is 1.65. The van der Waals surface area contributed by atoms with E-state index in [4.69, 9.17) is 0 Å². The molecule has 156 valence electrons. The Kier molecular flexibility index (Phi) is 7.36. The molecule has 4 heteroatoms. The number of hydrogen-bond acceptors (Lipinski definition) is 2. The van der Waals surface area contributed by atoms with Gasteiger partial charge in [-0.3, -0.25) is 4.79 Å². The third-order valence-electron chi connectivity index (χ3n) is 5.11. The molecule has 0 saturated carbocycles. The predicted octanol–water partition coefficient (Wildman–Crippen LogP) is 5.05. The molecule has 0 aliphatic rings. The van der Waals surface area contributed by atoms with Gasteiger partial charge in [-0.05, 0) is 60.5 Å². The minimum atomic E-state index is -0.273. The topological polar surface area (TPSA) is 32.3 Å². The molecule has 1 N–H and O–H groups in total. The molecule has 0 aliphatic heterocycles. The van der Waals surface area contributed by atoms with Crippen molar-refractivity contribution in [3.05, 3.63) is 95.3 Å². The van der Waals surface area contributed by atoms with Gasteiger partial charge in [0, 0.05) is 19.0 Å². The van der Waals surface area contributed by atoms with E-state index in [-0.39, 0.29) is 17.6 Å². The lowest BCUT2D eigenvalue weighted by Gasteiger charge is -2.15. The maximum atomic E-state index is 13.4. The summed E-state index contributed by atoms with van der Waals surface area (Å²) in [6.07, 6.45) is 0.512. The standard InChI is InChI=1S/C26H29FN2O/c1-19(15-21-7-6-9-24(27)16-21)26(30)28-17-23-8-4-5-10-25(23)22-13-11-20(12-14-22)18-29(2)3/h4-14,16,19H,15,17-18H2,1-3H3,(H,28,30). The van der Waals surface area contributed by atoms with Crippen LogP contribution >= 0.6 is 0 Å². The number of nitrogens with zero attached hydrogens (tertiary/aromatic N) is 1. The van der Waals surface area contributed by atoms with Crippen molar-refractivity contribution >= 4 is 5.91 Å². The number of carbonyl (C=O) groups is 1. The third-order valence-corrected chi connectivity index (χ3v) is 5.11. The maximum absolute atomic E-state index is 13.4.